The first-order valence-electron chi connectivity index (χ1n) is 3.72. The molecule has 0 aliphatic heterocycles. The summed E-state index contributed by atoms with van der Waals surface area (Å²) in [6.07, 6.45) is 0. The maximum atomic E-state index is 11.6. The highest BCUT2D eigenvalue weighted by molar-refractivity contribution is 9.10. The van der Waals surface area contributed by atoms with Gasteiger partial charge in [0.2, 0.25) is 0 Å². The number of halogens is 1. The van der Waals surface area contributed by atoms with Crippen molar-refractivity contribution in [2.24, 2.45) is 0 Å². The van der Waals surface area contributed by atoms with Crippen LogP contribution in [-0.2, 0) is 4.79 Å². The van der Waals surface area contributed by atoms with Gasteiger partial charge in [-0.3, -0.25) is 9.59 Å². The Morgan fingerprint density at radius 3 is 2.71 bits per heavy atom. The monoisotopic (exact) mass is 277 g/mol. The number of aliphatic carboxylic acids is 1. The van der Waals surface area contributed by atoms with Gasteiger partial charge in [0.15, 0.2) is 0 Å². The van der Waals surface area contributed by atoms with E-state index in [4.69, 9.17) is 5.11 Å². The zero-order chi connectivity index (χ0) is 10.7. The zero-order valence-corrected chi connectivity index (χ0v) is 9.76. The summed E-state index contributed by atoms with van der Waals surface area (Å²) in [5.41, 5.74) is 0. The highest BCUT2D eigenvalue weighted by Gasteiger charge is 2.17. The Labute approximate surface area is 93.3 Å². The molecule has 0 atom stereocenters. The van der Waals surface area contributed by atoms with Gasteiger partial charge in [0.05, 0.1) is 0 Å². The van der Waals surface area contributed by atoms with Gasteiger partial charge in [-0.2, -0.15) is 0 Å². The molecule has 0 aliphatic rings. The van der Waals surface area contributed by atoms with Crippen molar-refractivity contribution < 1.29 is 14.7 Å². The summed E-state index contributed by atoms with van der Waals surface area (Å²) in [6, 6.07) is 1.76. The van der Waals surface area contributed by atoms with E-state index in [1.807, 2.05) is 0 Å². The maximum Gasteiger partial charge on any atom is 0.323 e. The third-order valence-corrected chi connectivity index (χ3v) is 3.36. The minimum absolute atomic E-state index is 0.283. The van der Waals surface area contributed by atoms with E-state index in [-0.39, 0.29) is 12.5 Å². The Morgan fingerprint density at radius 2 is 2.29 bits per heavy atom. The Balaban J connectivity index is 2.76. The fourth-order valence-corrected chi connectivity index (χ4v) is 2.43. The predicted octanol–water partition coefficient (Wildman–Crippen LogP) is 1.67. The Morgan fingerprint density at radius 1 is 1.64 bits per heavy atom. The molecule has 1 amide bonds. The molecule has 1 aromatic rings. The molecule has 0 fully saturated rings. The van der Waals surface area contributed by atoms with Crippen molar-refractivity contribution in [1.82, 2.24) is 4.90 Å². The molecule has 1 N–H and O–H groups in total. The van der Waals surface area contributed by atoms with Crippen molar-refractivity contribution in [3.63, 3.8) is 0 Å². The van der Waals surface area contributed by atoms with Gasteiger partial charge >= 0.3 is 5.97 Å². The molecule has 76 valence electrons. The van der Waals surface area contributed by atoms with Crippen molar-refractivity contribution in [3.8, 4) is 0 Å². The molecule has 14 heavy (non-hydrogen) atoms. The molecule has 1 rings (SSSR count). The highest BCUT2D eigenvalue weighted by Crippen LogP contribution is 2.23. The second-order valence-corrected chi connectivity index (χ2v) is 4.42. The van der Waals surface area contributed by atoms with Crippen molar-refractivity contribution in [2.45, 2.75) is 0 Å². The number of thiophene rings is 1. The van der Waals surface area contributed by atoms with Crippen LogP contribution in [0.25, 0.3) is 0 Å². The quantitative estimate of drug-likeness (QED) is 0.915. The maximum absolute atomic E-state index is 11.6. The summed E-state index contributed by atoms with van der Waals surface area (Å²) in [5, 5.41) is 10.3. The fraction of sp³-hybridized carbons (Fsp3) is 0.250. The van der Waals surface area contributed by atoms with Gasteiger partial charge in [0, 0.05) is 11.5 Å². The molecule has 0 radical (unpaired) electrons. The second-order valence-electron chi connectivity index (χ2n) is 2.65. The summed E-state index contributed by atoms with van der Waals surface area (Å²) >= 11 is 4.50. The normalized spacial score (nSPS) is 9.86. The third kappa shape index (κ3) is 2.55. The molecule has 0 aliphatic carbocycles. The van der Waals surface area contributed by atoms with E-state index in [2.05, 4.69) is 15.9 Å². The minimum atomic E-state index is -1.02. The lowest BCUT2D eigenvalue weighted by atomic mass is 10.4. The molecular weight excluding hydrogens is 270 g/mol. The lowest BCUT2D eigenvalue weighted by Crippen LogP contribution is -2.31. The van der Waals surface area contributed by atoms with Gasteiger partial charge in [-0.15, -0.1) is 11.3 Å². The van der Waals surface area contributed by atoms with Gasteiger partial charge in [-0.1, -0.05) is 0 Å². The number of carboxylic acids is 1. The average Bonchev–Trinajstić information content (AvgIpc) is 2.48. The number of carboxylic acid groups (broad SMARTS) is 1. The number of amides is 1. The van der Waals surface area contributed by atoms with Gasteiger partial charge in [-0.05, 0) is 27.4 Å². The molecule has 0 saturated heterocycles. The summed E-state index contributed by atoms with van der Waals surface area (Å²) in [5.74, 6) is -1.30. The molecule has 0 spiro atoms. The van der Waals surface area contributed by atoms with Gasteiger partial charge in [0.25, 0.3) is 5.91 Å². The van der Waals surface area contributed by atoms with Crippen LogP contribution in [0.1, 0.15) is 9.67 Å². The van der Waals surface area contributed by atoms with Crippen molar-refractivity contribution in [3.05, 3.63) is 20.8 Å². The third-order valence-electron chi connectivity index (χ3n) is 1.53. The van der Waals surface area contributed by atoms with Crippen LogP contribution in [-0.4, -0.2) is 35.5 Å². The van der Waals surface area contributed by atoms with Crippen LogP contribution in [0, 0.1) is 0 Å². The van der Waals surface area contributed by atoms with Gasteiger partial charge < -0.3 is 10.0 Å². The lowest BCUT2D eigenvalue weighted by Gasteiger charge is -2.13. The van der Waals surface area contributed by atoms with Crippen molar-refractivity contribution in [1.29, 1.82) is 0 Å². The van der Waals surface area contributed by atoms with E-state index in [1.54, 1.807) is 11.4 Å². The summed E-state index contributed by atoms with van der Waals surface area (Å²) in [7, 11) is 1.46. The van der Waals surface area contributed by atoms with E-state index >= 15 is 0 Å². The molecule has 0 aromatic carbocycles. The smallest absolute Gasteiger partial charge is 0.323 e. The molecular formula is C8H8BrNO3S. The largest absolute Gasteiger partial charge is 0.480 e. The number of hydrogen-bond donors (Lipinski definition) is 1. The molecule has 6 heteroatoms. The highest BCUT2D eigenvalue weighted by atomic mass is 79.9. The fourth-order valence-electron chi connectivity index (χ4n) is 0.894. The summed E-state index contributed by atoms with van der Waals surface area (Å²) < 4.78 is 0.699. The van der Waals surface area contributed by atoms with Crippen LogP contribution in [0.4, 0.5) is 0 Å². The van der Waals surface area contributed by atoms with Crippen LogP contribution in [0.5, 0.6) is 0 Å². The van der Waals surface area contributed by atoms with Crippen molar-refractivity contribution in [2.75, 3.05) is 13.6 Å². The molecule has 0 saturated carbocycles. The van der Waals surface area contributed by atoms with Crippen LogP contribution >= 0.6 is 27.3 Å². The first kappa shape index (κ1) is 11.2. The topological polar surface area (TPSA) is 57.6 Å². The Kier molecular flexibility index (Phi) is 3.65. The summed E-state index contributed by atoms with van der Waals surface area (Å²) in [6.45, 7) is -0.289. The molecule has 0 bridgehead atoms. The first-order valence-corrected chi connectivity index (χ1v) is 5.40. The van der Waals surface area contributed by atoms with Crippen LogP contribution in [0.3, 0.4) is 0 Å². The number of carbonyl (C=O) groups is 2. The SMILES string of the molecule is CN(CC(=O)O)C(=O)c1sccc1Br. The van der Waals surface area contributed by atoms with Crippen LogP contribution in [0.2, 0.25) is 0 Å². The lowest BCUT2D eigenvalue weighted by molar-refractivity contribution is -0.137. The van der Waals surface area contributed by atoms with E-state index in [1.165, 1.54) is 23.3 Å². The Bertz CT molecular complexity index is 363. The van der Waals surface area contributed by atoms with Gasteiger partial charge in [-0.25, -0.2) is 0 Å². The minimum Gasteiger partial charge on any atom is -0.480 e. The molecule has 4 nitrogen and oxygen atoms in total. The van der Waals surface area contributed by atoms with E-state index < -0.39 is 5.97 Å². The summed E-state index contributed by atoms with van der Waals surface area (Å²) in [4.78, 5) is 23.7. The molecule has 1 heterocycles. The number of likely N-dealkylation sites (N-methyl/N-ethyl adjacent to an activating group) is 1. The van der Waals surface area contributed by atoms with Crippen molar-refractivity contribution >= 4 is 39.1 Å². The van der Waals surface area contributed by atoms with E-state index in [0.717, 1.165) is 0 Å². The zero-order valence-electron chi connectivity index (χ0n) is 7.36. The molecule has 0 unspecified atom stereocenters. The number of carbonyl (C=O) groups excluding carboxylic acids is 1. The van der Waals surface area contributed by atoms with E-state index in [9.17, 15) is 9.59 Å². The van der Waals surface area contributed by atoms with Crippen LogP contribution in [0.15, 0.2) is 15.9 Å². The van der Waals surface area contributed by atoms with Crippen LogP contribution < -0.4 is 0 Å². The second kappa shape index (κ2) is 4.56. The van der Waals surface area contributed by atoms with Gasteiger partial charge in [0.1, 0.15) is 11.4 Å². The average molecular weight is 278 g/mol. The van der Waals surface area contributed by atoms with E-state index in [0.29, 0.717) is 9.35 Å². The Hall–Kier alpha value is -0.880. The number of nitrogens with zero attached hydrogens (tertiary/aromatic N) is 1. The molecule has 1 aromatic heterocycles. The number of rotatable bonds is 3. The standard InChI is InChI=1S/C8H8BrNO3S/c1-10(4-6(11)12)8(13)7-5(9)2-3-14-7/h2-3H,4H2,1H3,(H,11,12). The first-order chi connectivity index (χ1) is 6.52. The number of hydrogen-bond acceptors (Lipinski definition) is 3. The predicted molar refractivity (Wildman–Crippen MR) is 56.6 cm³/mol.